The number of hydrogen-bond donors (Lipinski definition) is 2. The topological polar surface area (TPSA) is 102 Å². The maximum Gasteiger partial charge on any atom is 0.254 e. The van der Waals surface area contributed by atoms with Crippen molar-refractivity contribution < 1.29 is 19.0 Å². The van der Waals surface area contributed by atoms with Crippen LogP contribution >= 0.6 is 0 Å². The molecule has 3 heterocycles. The zero-order valence-corrected chi connectivity index (χ0v) is 17.3. The van der Waals surface area contributed by atoms with Crippen molar-refractivity contribution in [2.75, 3.05) is 38.8 Å². The van der Waals surface area contributed by atoms with E-state index in [1.807, 2.05) is 24.8 Å². The minimum absolute atomic E-state index is 0.0351. The molecule has 1 fully saturated rings. The van der Waals surface area contributed by atoms with Gasteiger partial charge in [0.2, 0.25) is 11.8 Å². The highest BCUT2D eigenvalue weighted by molar-refractivity contribution is 5.95. The van der Waals surface area contributed by atoms with E-state index in [0.717, 1.165) is 5.39 Å². The first-order valence-corrected chi connectivity index (χ1v) is 9.92. The summed E-state index contributed by atoms with van der Waals surface area (Å²) in [7, 11) is 1.56. The average Bonchev–Trinajstić information content (AvgIpc) is 3.23. The Kier molecular flexibility index (Phi) is 5.71. The lowest BCUT2D eigenvalue weighted by atomic mass is 10.1. The molecule has 1 amide bonds. The highest BCUT2D eigenvalue weighted by Gasteiger charge is 2.25. The summed E-state index contributed by atoms with van der Waals surface area (Å²) >= 11 is 0. The molecule has 0 radical (unpaired) electrons. The van der Waals surface area contributed by atoms with Gasteiger partial charge in [-0.1, -0.05) is 0 Å². The van der Waals surface area contributed by atoms with Gasteiger partial charge in [-0.25, -0.2) is 0 Å². The number of aromatic nitrogens is 3. The SMILES string of the molecule is CCOc1nc(Nc2ccc(C(=O)N3CCOCC3C)cc2OC)nc2[nH]ccc12. The summed E-state index contributed by atoms with van der Waals surface area (Å²) in [6.45, 7) is 6.05. The van der Waals surface area contributed by atoms with Crippen molar-refractivity contribution in [3.05, 3.63) is 36.0 Å². The Bertz CT molecular complexity index is 1050. The van der Waals surface area contributed by atoms with Crippen LogP contribution in [0.1, 0.15) is 24.2 Å². The minimum Gasteiger partial charge on any atom is -0.495 e. The number of amides is 1. The monoisotopic (exact) mass is 411 g/mol. The van der Waals surface area contributed by atoms with Crippen LogP contribution in [0.15, 0.2) is 30.5 Å². The van der Waals surface area contributed by atoms with Gasteiger partial charge in [-0.3, -0.25) is 4.79 Å². The first-order chi connectivity index (χ1) is 14.6. The van der Waals surface area contributed by atoms with Crippen molar-refractivity contribution >= 4 is 28.6 Å². The van der Waals surface area contributed by atoms with Crippen LogP contribution in [0.3, 0.4) is 0 Å². The molecular formula is C21H25N5O4. The number of H-pyrrole nitrogens is 1. The fraction of sp³-hybridized carbons (Fsp3) is 0.381. The lowest BCUT2D eigenvalue weighted by molar-refractivity contribution is 0.00358. The highest BCUT2D eigenvalue weighted by atomic mass is 16.5. The van der Waals surface area contributed by atoms with Crippen LogP contribution in [0.5, 0.6) is 11.6 Å². The molecule has 3 aromatic rings. The van der Waals surface area contributed by atoms with Gasteiger partial charge in [-0.05, 0) is 38.1 Å². The van der Waals surface area contributed by atoms with E-state index in [0.29, 0.717) is 60.8 Å². The standard InChI is InChI=1S/C21H25N5O4/c1-4-30-19-15-7-8-22-18(15)24-21(25-19)23-16-6-5-14(11-17(16)28-3)20(27)26-9-10-29-12-13(26)2/h5-8,11,13H,4,9-10,12H2,1-3H3,(H2,22,23,24,25). The Morgan fingerprint density at radius 2 is 2.23 bits per heavy atom. The normalized spacial score (nSPS) is 16.5. The molecule has 1 saturated heterocycles. The Morgan fingerprint density at radius 1 is 1.37 bits per heavy atom. The molecule has 0 spiro atoms. The third-order valence-electron chi connectivity index (χ3n) is 4.99. The molecule has 0 bridgehead atoms. The van der Waals surface area contributed by atoms with E-state index >= 15 is 0 Å². The Morgan fingerprint density at radius 3 is 3.00 bits per heavy atom. The number of carbonyl (C=O) groups is 1. The van der Waals surface area contributed by atoms with E-state index < -0.39 is 0 Å². The lowest BCUT2D eigenvalue weighted by Crippen LogP contribution is -2.47. The van der Waals surface area contributed by atoms with Crippen molar-refractivity contribution in [1.82, 2.24) is 19.9 Å². The third-order valence-corrected chi connectivity index (χ3v) is 4.99. The number of nitrogens with zero attached hydrogens (tertiary/aromatic N) is 3. The maximum atomic E-state index is 12.9. The molecule has 0 saturated carbocycles. The predicted molar refractivity (Wildman–Crippen MR) is 113 cm³/mol. The number of benzene rings is 1. The second-order valence-electron chi connectivity index (χ2n) is 6.99. The van der Waals surface area contributed by atoms with Crippen molar-refractivity contribution in [2.45, 2.75) is 19.9 Å². The highest BCUT2D eigenvalue weighted by Crippen LogP contribution is 2.30. The average molecular weight is 411 g/mol. The van der Waals surface area contributed by atoms with Crippen molar-refractivity contribution in [1.29, 1.82) is 0 Å². The molecule has 9 heteroatoms. The van der Waals surface area contributed by atoms with Crippen molar-refractivity contribution in [2.24, 2.45) is 0 Å². The van der Waals surface area contributed by atoms with E-state index in [4.69, 9.17) is 14.2 Å². The fourth-order valence-corrected chi connectivity index (χ4v) is 3.46. The van der Waals surface area contributed by atoms with E-state index in [2.05, 4.69) is 20.3 Å². The fourth-order valence-electron chi connectivity index (χ4n) is 3.46. The van der Waals surface area contributed by atoms with Crippen LogP contribution in [0.2, 0.25) is 0 Å². The van der Waals surface area contributed by atoms with Gasteiger partial charge in [0.15, 0.2) is 0 Å². The first kappa shape index (κ1) is 20.0. The van der Waals surface area contributed by atoms with Crippen LogP contribution in [0.4, 0.5) is 11.6 Å². The molecule has 4 rings (SSSR count). The molecule has 1 aliphatic rings. The zero-order chi connectivity index (χ0) is 21.1. The molecule has 9 nitrogen and oxygen atoms in total. The quantitative estimate of drug-likeness (QED) is 0.643. The third kappa shape index (κ3) is 3.88. The lowest BCUT2D eigenvalue weighted by Gasteiger charge is -2.33. The number of nitrogens with one attached hydrogen (secondary N) is 2. The number of hydrogen-bond acceptors (Lipinski definition) is 7. The van der Waals surface area contributed by atoms with Crippen LogP contribution in [-0.4, -0.2) is 65.3 Å². The van der Waals surface area contributed by atoms with E-state index in [9.17, 15) is 4.79 Å². The molecule has 1 aliphatic heterocycles. The predicted octanol–water partition coefficient (Wildman–Crippen LogP) is 2.97. The molecule has 158 valence electrons. The summed E-state index contributed by atoms with van der Waals surface area (Å²) in [5.74, 6) is 1.35. The molecule has 1 atom stereocenters. The minimum atomic E-state index is -0.0432. The number of anilines is 2. The number of aromatic amines is 1. The molecule has 30 heavy (non-hydrogen) atoms. The number of morpholine rings is 1. The van der Waals surface area contributed by atoms with E-state index in [1.165, 1.54) is 0 Å². The largest absolute Gasteiger partial charge is 0.495 e. The molecule has 2 N–H and O–H groups in total. The number of carbonyl (C=O) groups excluding carboxylic acids is 1. The summed E-state index contributed by atoms with van der Waals surface area (Å²) < 4.78 is 16.6. The van der Waals surface area contributed by atoms with Crippen LogP contribution in [-0.2, 0) is 4.74 Å². The number of fused-ring (bicyclic) bond motifs is 1. The van der Waals surface area contributed by atoms with Crippen LogP contribution in [0.25, 0.3) is 11.0 Å². The summed E-state index contributed by atoms with van der Waals surface area (Å²) in [4.78, 5) is 26.8. The summed E-state index contributed by atoms with van der Waals surface area (Å²) in [6, 6.07) is 7.19. The summed E-state index contributed by atoms with van der Waals surface area (Å²) in [5.41, 5.74) is 1.88. The van der Waals surface area contributed by atoms with Gasteiger partial charge in [0, 0.05) is 18.3 Å². The Balaban J connectivity index is 1.61. The van der Waals surface area contributed by atoms with Crippen LogP contribution < -0.4 is 14.8 Å². The van der Waals surface area contributed by atoms with Gasteiger partial charge in [-0.15, -0.1) is 0 Å². The summed E-state index contributed by atoms with van der Waals surface area (Å²) in [6.07, 6.45) is 1.79. The second kappa shape index (κ2) is 8.58. The first-order valence-electron chi connectivity index (χ1n) is 9.92. The van der Waals surface area contributed by atoms with Crippen LogP contribution in [0, 0.1) is 0 Å². The smallest absolute Gasteiger partial charge is 0.254 e. The van der Waals surface area contributed by atoms with E-state index in [-0.39, 0.29) is 11.9 Å². The van der Waals surface area contributed by atoms with Crippen molar-refractivity contribution in [3.63, 3.8) is 0 Å². The molecule has 2 aromatic heterocycles. The van der Waals surface area contributed by atoms with Gasteiger partial charge in [0.05, 0.1) is 44.0 Å². The number of methoxy groups -OCH3 is 1. The number of rotatable bonds is 6. The summed E-state index contributed by atoms with van der Waals surface area (Å²) in [5, 5.41) is 3.98. The zero-order valence-electron chi connectivity index (χ0n) is 17.3. The van der Waals surface area contributed by atoms with Gasteiger partial charge in [0.25, 0.3) is 5.91 Å². The van der Waals surface area contributed by atoms with Gasteiger partial charge >= 0.3 is 0 Å². The van der Waals surface area contributed by atoms with Crippen molar-refractivity contribution in [3.8, 4) is 11.6 Å². The van der Waals surface area contributed by atoms with Gasteiger partial charge < -0.3 is 29.4 Å². The van der Waals surface area contributed by atoms with E-state index in [1.54, 1.807) is 31.5 Å². The molecule has 1 aromatic carbocycles. The van der Waals surface area contributed by atoms with Gasteiger partial charge in [-0.2, -0.15) is 9.97 Å². The molecular weight excluding hydrogens is 386 g/mol. The van der Waals surface area contributed by atoms with Gasteiger partial charge in [0.1, 0.15) is 11.4 Å². The molecule has 1 unspecified atom stereocenters. The molecule has 0 aliphatic carbocycles. The number of ether oxygens (including phenoxy) is 3. The Labute approximate surface area is 174 Å². The Hall–Kier alpha value is -3.33. The second-order valence-corrected chi connectivity index (χ2v) is 6.99. The maximum absolute atomic E-state index is 12.9.